The first-order chi connectivity index (χ1) is 13.7. The largest absolute Gasteiger partial charge is 0.449 e. The monoisotopic (exact) mass is 454 g/mol. The molecule has 2 aromatic carbocycles. The van der Waals surface area contributed by atoms with Gasteiger partial charge in [0.15, 0.2) is 0 Å². The molecule has 1 aliphatic carbocycles. The van der Waals surface area contributed by atoms with Crippen molar-refractivity contribution in [2.45, 2.75) is 24.7 Å². The summed E-state index contributed by atoms with van der Waals surface area (Å²) < 4.78 is 27.9. The van der Waals surface area contributed by atoms with Gasteiger partial charge < -0.3 is 10.5 Å². The van der Waals surface area contributed by atoms with Crippen molar-refractivity contribution in [3.05, 3.63) is 74.1 Å². The summed E-state index contributed by atoms with van der Waals surface area (Å²) in [4.78, 5) is 11.1. The molecule has 0 radical (unpaired) electrons. The van der Waals surface area contributed by atoms with Crippen LogP contribution < -0.4 is 10.9 Å². The quantitative estimate of drug-likeness (QED) is 0.698. The summed E-state index contributed by atoms with van der Waals surface area (Å²) >= 11 is 12.3. The Balaban J connectivity index is 2.10. The van der Waals surface area contributed by atoms with Gasteiger partial charge in [0.1, 0.15) is 6.61 Å². The molecule has 0 spiro atoms. The minimum Gasteiger partial charge on any atom is -0.449 e. The molecule has 2 atom stereocenters. The van der Waals surface area contributed by atoms with Crippen LogP contribution in [0.4, 0.5) is 4.79 Å². The average molecular weight is 455 g/mol. The van der Waals surface area contributed by atoms with E-state index in [1.807, 2.05) is 24.3 Å². The van der Waals surface area contributed by atoms with Crippen LogP contribution in [0.25, 0.3) is 6.08 Å². The van der Waals surface area contributed by atoms with Gasteiger partial charge in [0.2, 0.25) is 10.0 Å². The standard InChI is InChI=1S/C20H20Cl2N2O4S/c21-17-7-5-13(10-18(17)22)15-6-4-14(11-28-20(23)25)19-12(2-1-3-16(15)19)8-9-29(24,26)27/h1-3,5,7-10,14-15H,4,6,11H2,(H2,23,25)(H2,24,26,27)/b9-8+/t14-,15+/m1/s1. The number of rotatable bonds is 5. The van der Waals surface area contributed by atoms with E-state index in [-0.39, 0.29) is 18.4 Å². The van der Waals surface area contributed by atoms with E-state index in [0.717, 1.165) is 28.5 Å². The van der Waals surface area contributed by atoms with Gasteiger partial charge in [-0.25, -0.2) is 18.4 Å². The molecule has 0 aliphatic heterocycles. The maximum atomic E-state index is 11.4. The third kappa shape index (κ3) is 5.30. The lowest BCUT2D eigenvalue weighted by Gasteiger charge is -2.33. The predicted molar refractivity (Wildman–Crippen MR) is 114 cm³/mol. The number of carbonyl (C=O) groups excluding carboxylic acids is 1. The highest BCUT2D eigenvalue weighted by Crippen LogP contribution is 2.45. The van der Waals surface area contributed by atoms with Crippen LogP contribution >= 0.6 is 23.2 Å². The smallest absolute Gasteiger partial charge is 0.404 e. The number of nitrogens with two attached hydrogens (primary N) is 2. The number of benzene rings is 2. The van der Waals surface area contributed by atoms with Crippen LogP contribution in [0.5, 0.6) is 0 Å². The molecule has 3 rings (SSSR count). The van der Waals surface area contributed by atoms with Gasteiger partial charge in [0.05, 0.1) is 10.0 Å². The second kappa shape index (κ2) is 8.75. The van der Waals surface area contributed by atoms with Crippen molar-refractivity contribution in [1.82, 2.24) is 0 Å². The first-order valence-electron chi connectivity index (χ1n) is 8.86. The van der Waals surface area contributed by atoms with Gasteiger partial charge in [-0.05, 0) is 53.3 Å². The number of halogens is 2. The maximum Gasteiger partial charge on any atom is 0.404 e. The third-order valence-corrected chi connectivity index (χ3v) is 6.23. The van der Waals surface area contributed by atoms with Crippen molar-refractivity contribution >= 4 is 45.4 Å². The number of sulfonamides is 1. The van der Waals surface area contributed by atoms with E-state index in [1.165, 1.54) is 6.08 Å². The Bertz CT molecular complexity index is 1070. The van der Waals surface area contributed by atoms with Gasteiger partial charge in [0.25, 0.3) is 0 Å². The molecule has 0 heterocycles. The zero-order chi connectivity index (χ0) is 21.2. The number of primary sulfonamides is 1. The minimum absolute atomic E-state index is 0.0347. The molecule has 6 nitrogen and oxygen atoms in total. The maximum absolute atomic E-state index is 11.4. The Morgan fingerprint density at radius 3 is 2.59 bits per heavy atom. The van der Waals surface area contributed by atoms with E-state index < -0.39 is 16.1 Å². The summed E-state index contributed by atoms with van der Waals surface area (Å²) in [6.45, 7) is 0.108. The Morgan fingerprint density at radius 1 is 1.17 bits per heavy atom. The Morgan fingerprint density at radius 2 is 1.93 bits per heavy atom. The second-order valence-corrected chi connectivity index (χ2v) is 9.14. The Labute approximate surface area is 179 Å². The summed E-state index contributed by atoms with van der Waals surface area (Å²) in [5.41, 5.74) is 8.73. The molecule has 0 saturated carbocycles. The fourth-order valence-corrected chi connectivity index (χ4v) is 4.43. The number of primary amides is 1. The van der Waals surface area contributed by atoms with Gasteiger partial charge in [-0.15, -0.1) is 0 Å². The molecule has 2 aromatic rings. The molecule has 0 bridgehead atoms. The first kappa shape index (κ1) is 21.6. The van der Waals surface area contributed by atoms with E-state index in [2.05, 4.69) is 0 Å². The molecular formula is C20H20Cl2N2O4S. The summed E-state index contributed by atoms with van der Waals surface area (Å²) in [7, 11) is -3.79. The van der Waals surface area contributed by atoms with Gasteiger partial charge in [0, 0.05) is 17.2 Å². The molecule has 154 valence electrons. The van der Waals surface area contributed by atoms with E-state index in [4.69, 9.17) is 38.8 Å². The molecule has 4 N–H and O–H groups in total. The van der Waals surface area contributed by atoms with Crippen LogP contribution in [0, 0.1) is 0 Å². The molecular weight excluding hydrogens is 435 g/mol. The molecule has 9 heteroatoms. The van der Waals surface area contributed by atoms with Gasteiger partial charge in [-0.3, -0.25) is 0 Å². The molecule has 0 unspecified atom stereocenters. The summed E-state index contributed by atoms with van der Waals surface area (Å²) in [6.07, 6.45) is 2.12. The minimum atomic E-state index is -3.79. The van der Waals surface area contributed by atoms with Crippen LogP contribution in [-0.4, -0.2) is 21.1 Å². The fourth-order valence-electron chi connectivity index (χ4n) is 3.78. The van der Waals surface area contributed by atoms with Crippen LogP contribution in [-0.2, 0) is 14.8 Å². The normalized spacial score (nSPS) is 19.1. The summed E-state index contributed by atoms with van der Waals surface area (Å²) in [5.74, 6) is -0.0923. The summed E-state index contributed by atoms with van der Waals surface area (Å²) in [5, 5.41) is 7.01. The number of hydrogen-bond donors (Lipinski definition) is 2. The third-order valence-electron chi connectivity index (χ3n) is 4.97. The Kier molecular flexibility index (Phi) is 6.53. The van der Waals surface area contributed by atoms with E-state index in [1.54, 1.807) is 12.1 Å². The first-order valence-corrected chi connectivity index (χ1v) is 11.2. The molecule has 0 aromatic heterocycles. The van der Waals surface area contributed by atoms with Crippen molar-refractivity contribution in [3.63, 3.8) is 0 Å². The lowest BCUT2D eigenvalue weighted by molar-refractivity contribution is 0.145. The van der Waals surface area contributed by atoms with Gasteiger partial charge in [-0.2, -0.15) is 0 Å². The Hall–Kier alpha value is -2.06. The SMILES string of the molecule is NC(=O)OC[C@H]1CC[C@@H](c2ccc(Cl)c(Cl)c2)c2cccc(/C=C/S(N)(=O)=O)c21. The zero-order valence-electron chi connectivity index (χ0n) is 15.3. The van der Waals surface area contributed by atoms with Crippen molar-refractivity contribution in [2.75, 3.05) is 6.61 Å². The van der Waals surface area contributed by atoms with E-state index in [9.17, 15) is 13.2 Å². The van der Waals surface area contributed by atoms with Crippen LogP contribution in [0.1, 0.15) is 46.9 Å². The van der Waals surface area contributed by atoms with Crippen molar-refractivity contribution < 1.29 is 17.9 Å². The van der Waals surface area contributed by atoms with Gasteiger partial charge in [-0.1, -0.05) is 47.5 Å². The van der Waals surface area contributed by atoms with E-state index in [0.29, 0.717) is 22.0 Å². The highest BCUT2D eigenvalue weighted by Gasteiger charge is 2.30. The molecule has 29 heavy (non-hydrogen) atoms. The highest BCUT2D eigenvalue weighted by molar-refractivity contribution is 7.92. The topological polar surface area (TPSA) is 112 Å². The zero-order valence-corrected chi connectivity index (χ0v) is 17.7. The van der Waals surface area contributed by atoms with E-state index >= 15 is 0 Å². The number of fused-ring (bicyclic) bond motifs is 1. The fraction of sp³-hybridized carbons (Fsp3) is 0.250. The van der Waals surface area contributed by atoms with Gasteiger partial charge >= 0.3 is 6.09 Å². The lowest BCUT2D eigenvalue weighted by atomic mass is 9.72. The second-order valence-electron chi connectivity index (χ2n) is 6.87. The van der Waals surface area contributed by atoms with Crippen LogP contribution in [0.2, 0.25) is 10.0 Å². The number of ether oxygens (including phenoxy) is 1. The molecule has 0 saturated heterocycles. The molecule has 1 amide bonds. The molecule has 1 aliphatic rings. The highest BCUT2D eigenvalue weighted by atomic mass is 35.5. The predicted octanol–water partition coefficient (Wildman–Crippen LogP) is 4.36. The lowest BCUT2D eigenvalue weighted by Crippen LogP contribution is -2.23. The average Bonchev–Trinajstić information content (AvgIpc) is 2.65. The van der Waals surface area contributed by atoms with Crippen LogP contribution in [0.15, 0.2) is 41.8 Å². The van der Waals surface area contributed by atoms with Crippen molar-refractivity contribution in [3.8, 4) is 0 Å². The van der Waals surface area contributed by atoms with Crippen molar-refractivity contribution in [1.29, 1.82) is 0 Å². The van der Waals surface area contributed by atoms with Crippen LogP contribution in [0.3, 0.4) is 0 Å². The molecule has 0 fully saturated rings. The number of amides is 1. The van der Waals surface area contributed by atoms with Crippen molar-refractivity contribution in [2.24, 2.45) is 10.9 Å². The summed E-state index contributed by atoms with van der Waals surface area (Å²) in [6, 6.07) is 11.2. The number of carbonyl (C=O) groups is 1. The number of hydrogen-bond acceptors (Lipinski definition) is 4.